The molecule has 0 heterocycles. The average Bonchev–Trinajstić information content (AvgIpc) is 3.34. The van der Waals surface area contributed by atoms with Gasteiger partial charge in [-0.2, -0.15) is 0 Å². The van der Waals surface area contributed by atoms with Crippen LogP contribution in [0.5, 0.6) is 0 Å². The van der Waals surface area contributed by atoms with Crippen molar-refractivity contribution in [3.05, 3.63) is 97.2 Å². The summed E-state index contributed by atoms with van der Waals surface area (Å²) in [5.41, 5.74) is 0. The third-order valence-corrected chi connectivity index (χ3v) is 12.1. The van der Waals surface area contributed by atoms with Crippen LogP contribution in [0.15, 0.2) is 97.2 Å². The molecule has 0 unspecified atom stereocenters. The van der Waals surface area contributed by atoms with Gasteiger partial charge in [-0.3, -0.25) is 9.59 Å². The van der Waals surface area contributed by atoms with Crippen LogP contribution in [0.1, 0.15) is 265 Å². The summed E-state index contributed by atoms with van der Waals surface area (Å²) in [6.07, 6.45) is 78.7. The van der Waals surface area contributed by atoms with Crippen LogP contribution in [0.4, 0.5) is 0 Å². The zero-order chi connectivity index (χ0) is 49.2. The molecule has 0 bridgehead atoms. The van der Waals surface area contributed by atoms with Gasteiger partial charge in [-0.1, -0.05) is 246 Å². The van der Waals surface area contributed by atoms with Gasteiger partial charge in [0.05, 0.1) is 0 Å². The third-order valence-electron chi connectivity index (χ3n) is 12.1. The van der Waals surface area contributed by atoms with E-state index in [-0.39, 0.29) is 25.2 Å². The molecule has 0 N–H and O–H groups in total. The fraction of sp³-hybridized carbons (Fsp3) is 0.714. The van der Waals surface area contributed by atoms with Crippen LogP contribution in [-0.4, -0.2) is 37.9 Å². The summed E-state index contributed by atoms with van der Waals surface area (Å²) in [7, 11) is 0. The SMILES string of the molecule is CC/C=C\C/C=C\C/C=C\C/C=C\C/C=C\CCCCCC(=O)OC[C@H](COC(=O)CCCCCC/C=C\C/C=C\C/C=C\CCCCC)OCCCCCCCCCCCCCCCCCC. The topological polar surface area (TPSA) is 61.8 Å². The van der Waals surface area contributed by atoms with E-state index in [0.717, 1.165) is 116 Å². The maximum absolute atomic E-state index is 12.7. The van der Waals surface area contributed by atoms with Gasteiger partial charge in [0.2, 0.25) is 0 Å². The molecule has 0 aromatic carbocycles. The smallest absolute Gasteiger partial charge is 0.305 e. The zero-order valence-electron chi connectivity index (χ0n) is 44.8. The van der Waals surface area contributed by atoms with Gasteiger partial charge in [-0.25, -0.2) is 0 Å². The van der Waals surface area contributed by atoms with Crippen LogP contribution in [0.25, 0.3) is 0 Å². The molecule has 0 spiro atoms. The van der Waals surface area contributed by atoms with Crippen molar-refractivity contribution in [2.75, 3.05) is 19.8 Å². The molecule has 0 aliphatic rings. The summed E-state index contributed by atoms with van der Waals surface area (Å²) in [6, 6.07) is 0. The summed E-state index contributed by atoms with van der Waals surface area (Å²) >= 11 is 0. The highest BCUT2D eigenvalue weighted by Crippen LogP contribution is 2.15. The standard InChI is InChI=1S/C63H108O5/c1-4-7-10-13-16-19-22-25-28-31-32-34-36-39-42-45-48-51-54-57-63(65)68-60-61(66-58-55-52-49-46-43-40-37-30-27-24-21-18-15-12-9-6-3)59-67-62(64)56-53-50-47-44-41-38-35-33-29-26-23-20-17-14-11-8-5-2/h7,10,16-17,19-20,25-26,28-29,32,34-35,38-39,42,61H,4-6,8-9,11-15,18,21-24,27,30-31,33,36-37,40-41,43-60H2,1-3H3/b10-7-,19-16-,20-17-,28-25-,29-26-,34-32-,38-35-,42-39-/t61-/m0/s1. The number of rotatable bonds is 52. The summed E-state index contributed by atoms with van der Waals surface area (Å²) in [4.78, 5) is 25.3. The molecule has 0 aromatic heterocycles. The average molecular weight is 946 g/mol. The first-order valence-electron chi connectivity index (χ1n) is 28.8. The lowest BCUT2D eigenvalue weighted by Crippen LogP contribution is -2.29. The molecule has 0 aliphatic carbocycles. The van der Waals surface area contributed by atoms with Gasteiger partial charge in [0, 0.05) is 19.4 Å². The predicted molar refractivity (Wildman–Crippen MR) is 297 cm³/mol. The Morgan fingerprint density at radius 1 is 0.324 bits per heavy atom. The van der Waals surface area contributed by atoms with E-state index in [2.05, 4.69) is 118 Å². The number of carbonyl (C=O) groups excluding carboxylic acids is 2. The molecule has 390 valence electrons. The summed E-state index contributed by atoms with van der Waals surface area (Å²) in [6.45, 7) is 7.54. The Bertz CT molecular complexity index is 1300. The third kappa shape index (κ3) is 55.4. The highest BCUT2D eigenvalue weighted by atomic mass is 16.6. The van der Waals surface area contributed by atoms with Crippen LogP contribution in [0.3, 0.4) is 0 Å². The molecular formula is C63H108O5. The maximum Gasteiger partial charge on any atom is 0.305 e. The Kier molecular flexibility index (Phi) is 55.4. The van der Waals surface area contributed by atoms with E-state index in [0.29, 0.717) is 19.4 Å². The fourth-order valence-electron chi connectivity index (χ4n) is 7.81. The Hall–Kier alpha value is -3.18. The second-order valence-corrected chi connectivity index (χ2v) is 18.8. The second-order valence-electron chi connectivity index (χ2n) is 18.8. The molecule has 0 radical (unpaired) electrons. The van der Waals surface area contributed by atoms with Crippen molar-refractivity contribution in [2.24, 2.45) is 0 Å². The number of ether oxygens (including phenoxy) is 3. The molecule has 0 aromatic rings. The lowest BCUT2D eigenvalue weighted by molar-refractivity contribution is -0.155. The molecule has 0 aliphatic heterocycles. The first-order chi connectivity index (χ1) is 33.6. The minimum atomic E-state index is -0.428. The highest BCUT2D eigenvalue weighted by Gasteiger charge is 2.16. The van der Waals surface area contributed by atoms with Gasteiger partial charge in [-0.15, -0.1) is 0 Å². The monoisotopic (exact) mass is 945 g/mol. The van der Waals surface area contributed by atoms with Gasteiger partial charge < -0.3 is 14.2 Å². The molecule has 5 heteroatoms. The molecule has 1 atom stereocenters. The minimum Gasteiger partial charge on any atom is -0.463 e. The predicted octanol–water partition coefficient (Wildman–Crippen LogP) is 19.8. The van der Waals surface area contributed by atoms with E-state index in [1.807, 2.05) is 0 Å². The van der Waals surface area contributed by atoms with E-state index in [4.69, 9.17) is 14.2 Å². The number of hydrogen-bond donors (Lipinski definition) is 0. The minimum absolute atomic E-state index is 0.129. The van der Waals surface area contributed by atoms with Gasteiger partial charge in [0.15, 0.2) is 0 Å². The van der Waals surface area contributed by atoms with Gasteiger partial charge in [0.1, 0.15) is 19.3 Å². The van der Waals surface area contributed by atoms with Crippen LogP contribution in [-0.2, 0) is 23.8 Å². The summed E-state index contributed by atoms with van der Waals surface area (Å²) < 4.78 is 17.5. The Balaban J connectivity index is 4.37. The highest BCUT2D eigenvalue weighted by molar-refractivity contribution is 5.69. The van der Waals surface area contributed by atoms with Crippen LogP contribution in [0.2, 0.25) is 0 Å². The molecule has 0 saturated heterocycles. The van der Waals surface area contributed by atoms with Crippen molar-refractivity contribution in [3.63, 3.8) is 0 Å². The van der Waals surface area contributed by atoms with E-state index in [1.165, 1.54) is 116 Å². The molecule has 0 rings (SSSR count). The quantitative estimate of drug-likeness (QED) is 0.0345. The van der Waals surface area contributed by atoms with Crippen LogP contribution in [0, 0.1) is 0 Å². The number of allylic oxidation sites excluding steroid dienone is 16. The normalized spacial score (nSPS) is 12.9. The van der Waals surface area contributed by atoms with Crippen LogP contribution < -0.4 is 0 Å². The maximum atomic E-state index is 12.7. The van der Waals surface area contributed by atoms with E-state index in [1.54, 1.807) is 0 Å². The lowest BCUT2D eigenvalue weighted by Gasteiger charge is -2.18. The van der Waals surface area contributed by atoms with E-state index < -0.39 is 6.10 Å². The Labute approximate surface area is 422 Å². The van der Waals surface area contributed by atoms with E-state index >= 15 is 0 Å². The molecule has 0 saturated carbocycles. The van der Waals surface area contributed by atoms with Crippen molar-refractivity contribution in [1.82, 2.24) is 0 Å². The summed E-state index contributed by atoms with van der Waals surface area (Å²) in [5, 5.41) is 0. The van der Waals surface area contributed by atoms with Gasteiger partial charge in [0.25, 0.3) is 0 Å². The fourth-order valence-corrected chi connectivity index (χ4v) is 7.81. The molecule has 68 heavy (non-hydrogen) atoms. The van der Waals surface area contributed by atoms with Gasteiger partial charge in [-0.05, 0) is 103 Å². The Morgan fingerprint density at radius 3 is 0.985 bits per heavy atom. The molecule has 0 amide bonds. The van der Waals surface area contributed by atoms with Crippen molar-refractivity contribution >= 4 is 11.9 Å². The van der Waals surface area contributed by atoms with Crippen molar-refractivity contribution < 1.29 is 23.8 Å². The number of carbonyl (C=O) groups is 2. The van der Waals surface area contributed by atoms with Crippen molar-refractivity contribution in [1.29, 1.82) is 0 Å². The number of hydrogen-bond acceptors (Lipinski definition) is 5. The summed E-state index contributed by atoms with van der Waals surface area (Å²) in [5.74, 6) is -0.392. The van der Waals surface area contributed by atoms with Crippen molar-refractivity contribution in [3.8, 4) is 0 Å². The zero-order valence-corrected chi connectivity index (χ0v) is 44.8. The molecule has 0 fully saturated rings. The number of esters is 2. The molecular weight excluding hydrogens is 837 g/mol. The van der Waals surface area contributed by atoms with Crippen LogP contribution >= 0.6 is 0 Å². The Morgan fingerprint density at radius 2 is 0.603 bits per heavy atom. The lowest BCUT2D eigenvalue weighted by atomic mass is 10.0. The van der Waals surface area contributed by atoms with Crippen molar-refractivity contribution in [2.45, 2.75) is 271 Å². The van der Waals surface area contributed by atoms with Gasteiger partial charge >= 0.3 is 11.9 Å². The van der Waals surface area contributed by atoms with E-state index in [9.17, 15) is 9.59 Å². The number of unbranched alkanes of at least 4 members (excludes halogenated alkanes) is 25. The molecule has 5 nitrogen and oxygen atoms in total. The first-order valence-corrected chi connectivity index (χ1v) is 28.8. The first kappa shape index (κ1) is 64.8. The largest absolute Gasteiger partial charge is 0.463 e. The second kappa shape index (κ2) is 58.1.